The number of hydrogen-bond acceptors (Lipinski definition) is 7. The second kappa shape index (κ2) is 9.03. The van der Waals surface area contributed by atoms with Gasteiger partial charge in [0.2, 0.25) is 10.0 Å². The Labute approximate surface area is 183 Å². The first kappa shape index (κ1) is 21.3. The molecule has 1 saturated heterocycles. The van der Waals surface area contributed by atoms with Crippen LogP contribution >= 0.6 is 0 Å². The second-order valence-electron chi connectivity index (χ2n) is 7.26. The fraction of sp³-hybridized carbons (Fsp3) is 0.381. The number of piperazine rings is 1. The minimum atomic E-state index is -3.54. The van der Waals surface area contributed by atoms with E-state index >= 15 is 0 Å². The van der Waals surface area contributed by atoms with Gasteiger partial charge in [-0.1, -0.05) is 0 Å². The van der Waals surface area contributed by atoms with Crippen molar-refractivity contribution in [2.24, 2.45) is 0 Å². The highest BCUT2D eigenvalue weighted by molar-refractivity contribution is 7.89. The first-order valence-electron chi connectivity index (χ1n) is 10.5. The Kier molecular flexibility index (Phi) is 6.19. The summed E-state index contributed by atoms with van der Waals surface area (Å²) in [6.45, 7) is 7.89. The maximum atomic E-state index is 13.1. The highest BCUT2D eigenvalue weighted by atomic mass is 32.2. The summed E-state index contributed by atoms with van der Waals surface area (Å²) in [7, 11) is -3.54. The normalized spacial score (nSPS) is 15.2. The molecule has 0 unspecified atom stereocenters. The molecule has 31 heavy (non-hydrogen) atoms. The molecule has 1 aliphatic heterocycles. The van der Waals surface area contributed by atoms with Crippen LogP contribution < -0.4 is 9.80 Å². The predicted molar refractivity (Wildman–Crippen MR) is 120 cm³/mol. The number of hydrogen-bond donors (Lipinski definition) is 0. The van der Waals surface area contributed by atoms with Gasteiger partial charge in [-0.15, -0.1) is 10.2 Å². The number of anilines is 2. The molecule has 164 valence electrons. The Morgan fingerprint density at radius 1 is 0.935 bits per heavy atom. The Bertz CT molecular complexity index is 1070. The van der Waals surface area contributed by atoms with Crippen LogP contribution in [0.4, 0.5) is 11.6 Å². The van der Waals surface area contributed by atoms with Gasteiger partial charge in [-0.2, -0.15) is 9.40 Å². The van der Waals surface area contributed by atoms with Crippen LogP contribution in [0.15, 0.2) is 59.8 Å². The minimum absolute atomic E-state index is 0.292. The van der Waals surface area contributed by atoms with Crippen LogP contribution in [0.1, 0.15) is 13.8 Å². The number of aromatic nitrogens is 4. The summed E-state index contributed by atoms with van der Waals surface area (Å²) in [6, 6.07) is 12.6. The molecule has 1 aliphatic rings. The van der Waals surface area contributed by atoms with E-state index in [1.165, 1.54) is 4.31 Å². The summed E-state index contributed by atoms with van der Waals surface area (Å²) in [5.74, 6) is 1.63. The van der Waals surface area contributed by atoms with Gasteiger partial charge in [-0.3, -0.25) is 0 Å². The molecule has 0 saturated carbocycles. The first-order valence-corrected chi connectivity index (χ1v) is 11.9. The predicted octanol–water partition coefficient (Wildman–Crippen LogP) is 2.02. The molecule has 10 heteroatoms. The van der Waals surface area contributed by atoms with Crippen LogP contribution in [0, 0.1) is 0 Å². The van der Waals surface area contributed by atoms with Gasteiger partial charge < -0.3 is 9.80 Å². The zero-order valence-electron chi connectivity index (χ0n) is 17.8. The molecule has 9 nitrogen and oxygen atoms in total. The molecule has 0 radical (unpaired) electrons. The van der Waals surface area contributed by atoms with Crippen molar-refractivity contribution >= 4 is 21.7 Å². The molecule has 0 spiro atoms. The average molecular weight is 442 g/mol. The van der Waals surface area contributed by atoms with Crippen molar-refractivity contribution in [1.82, 2.24) is 24.3 Å². The Morgan fingerprint density at radius 2 is 1.65 bits per heavy atom. The zero-order valence-corrected chi connectivity index (χ0v) is 18.6. The van der Waals surface area contributed by atoms with Crippen LogP contribution in [-0.4, -0.2) is 72.0 Å². The third-order valence-corrected chi connectivity index (χ3v) is 7.44. The highest BCUT2D eigenvalue weighted by Gasteiger charge is 2.29. The molecule has 4 rings (SSSR count). The van der Waals surface area contributed by atoms with Gasteiger partial charge in [0.15, 0.2) is 11.6 Å². The highest BCUT2D eigenvalue weighted by Crippen LogP contribution is 2.22. The van der Waals surface area contributed by atoms with Crippen LogP contribution in [0.25, 0.3) is 5.69 Å². The standard InChI is InChI=1S/C21H27N7O2S/c1-3-25(4-2)20-10-11-21(24-23-20)26-14-16-27(17-15-26)31(29,30)19-8-6-18(7-9-19)28-13-5-12-22-28/h5-13H,3-4,14-17H2,1-2H3. The monoisotopic (exact) mass is 441 g/mol. The topological polar surface area (TPSA) is 87.5 Å². The molecule has 0 aliphatic carbocycles. The van der Waals surface area contributed by atoms with Crippen LogP contribution in [-0.2, 0) is 10.0 Å². The quantitative estimate of drug-likeness (QED) is 0.554. The second-order valence-corrected chi connectivity index (χ2v) is 9.20. The average Bonchev–Trinajstić information content (AvgIpc) is 3.36. The lowest BCUT2D eigenvalue weighted by Crippen LogP contribution is -2.49. The van der Waals surface area contributed by atoms with E-state index in [0.717, 1.165) is 30.4 Å². The van der Waals surface area contributed by atoms with Crippen molar-refractivity contribution < 1.29 is 8.42 Å². The molecule has 0 N–H and O–H groups in total. The van der Waals surface area contributed by atoms with Crippen molar-refractivity contribution in [3.63, 3.8) is 0 Å². The molecule has 1 fully saturated rings. The maximum Gasteiger partial charge on any atom is 0.243 e. The summed E-state index contributed by atoms with van der Waals surface area (Å²) in [5, 5.41) is 12.9. The summed E-state index contributed by atoms with van der Waals surface area (Å²) in [5.41, 5.74) is 0.820. The maximum absolute atomic E-state index is 13.1. The third kappa shape index (κ3) is 4.40. The number of sulfonamides is 1. The fourth-order valence-corrected chi connectivity index (χ4v) is 5.12. The SMILES string of the molecule is CCN(CC)c1ccc(N2CCN(S(=O)(=O)c3ccc(-n4cccn4)cc3)CC2)nn1. The van der Waals surface area contributed by atoms with Crippen molar-refractivity contribution in [1.29, 1.82) is 0 Å². The van der Waals surface area contributed by atoms with E-state index in [1.54, 1.807) is 35.1 Å². The van der Waals surface area contributed by atoms with E-state index in [4.69, 9.17) is 0 Å². The molecular formula is C21H27N7O2S. The molecule has 1 aromatic carbocycles. The minimum Gasteiger partial charge on any atom is -0.356 e. The van der Waals surface area contributed by atoms with Gasteiger partial charge in [0.25, 0.3) is 0 Å². The number of benzene rings is 1. The summed E-state index contributed by atoms with van der Waals surface area (Å²) in [4.78, 5) is 4.50. The van der Waals surface area contributed by atoms with Gasteiger partial charge >= 0.3 is 0 Å². The molecule has 3 aromatic rings. The van der Waals surface area contributed by atoms with E-state index in [-0.39, 0.29) is 0 Å². The van der Waals surface area contributed by atoms with Gasteiger partial charge in [0.05, 0.1) is 10.6 Å². The lowest BCUT2D eigenvalue weighted by Gasteiger charge is -2.34. The van der Waals surface area contributed by atoms with Gasteiger partial charge in [-0.25, -0.2) is 13.1 Å². The third-order valence-electron chi connectivity index (χ3n) is 5.53. The van der Waals surface area contributed by atoms with Crippen LogP contribution in [0.5, 0.6) is 0 Å². The van der Waals surface area contributed by atoms with E-state index in [2.05, 4.69) is 38.9 Å². The Hall–Kier alpha value is -2.98. The molecule has 3 heterocycles. The largest absolute Gasteiger partial charge is 0.356 e. The molecular weight excluding hydrogens is 414 g/mol. The summed E-state index contributed by atoms with van der Waals surface area (Å²) < 4.78 is 29.4. The van der Waals surface area contributed by atoms with Crippen molar-refractivity contribution in [3.8, 4) is 5.69 Å². The Morgan fingerprint density at radius 3 is 2.19 bits per heavy atom. The summed E-state index contributed by atoms with van der Waals surface area (Å²) in [6.07, 6.45) is 3.51. The van der Waals surface area contributed by atoms with Crippen molar-refractivity contribution in [3.05, 3.63) is 54.9 Å². The van der Waals surface area contributed by atoms with E-state index in [0.29, 0.717) is 31.1 Å². The number of rotatable bonds is 7. The summed E-state index contributed by atoms with van der Waals surface area (Å²) >= 11 is 0. The van der Waals surface area contributed by atoms with E-state index in [9.17, 15) is 8.42 Å². The van der Waals surface area contributed by atoms with Gasteiger partial charge in [0, 0.05) is 51.7 Å². The first-order chi connectivity index (χ1) is 15.0. The lowest BCUT2D eigenvalue weighted by molar-refractivity contribution is 0.383. The van der Waals surface area contributed by atoms with Crippen molar-refractivity contribution in [2.75, 3.05) is 49.1 Å². The van der Waals surface area contributed by atoms with Crippen molar-refractivity contribution in [2.45, 2.75) is 18.7 Å². The Balaban J connectivity index is 1.41. The molecule has 2 aromatic heterocycles. The number of nitrogens with zero attached hydrogens (tertiary/aromatic N) is 7. The van der Waals surface area contributed by atoms with E-state index in [1.807, 2.05) is 24.4 Å². The van der Waals surface area contributed by atoms with E-state index < -0.39 is 10.0 Å². The fourth-order valence-electron chi connectivity index (χ4n) is 3.70. The molecule has 0 bridgehead atoms. The van der Waals surface area contributed by atoms with Crippen LogP contribution in [0.3, 0.4) is 0 Å². The van der Waals surface area contributed by atoms with Crippen LogP contribution in [0.2, 0.25) is 0 Å². The molecule has 0 amide bonds. The smallest absolute Gasteiger partial charge is 0.243 e. The van der Waals surface area contributed by atoms with Gasteiger partial charge in [-0.05, 0) is 56.3 Å². The zero-order chi connectivity index (χ0) is 21.8. The lowest BCUT2D eigenvalue weighted by atomic mass is 10.3. The van der Waals surface area contributed by atoms with Gasteiger partial charge in [0.1, 0.15) is 0 Å². The molecule has 0 atom stereocenters.